The minimum atomic E-state index is -0.0462. The van der Waals surface area contributed by atoms with Crippen LogP contribution >= 0.6 is 11.6 Å². The summed E-state index contributed by atoms with van der Waals surface area (Å²) >= 11 is 5.73. The van der Waals surface area contributed by atoms with Crippen LogP contribution in [0.1, 0.15) is 23.1 Å². The molecule has 0 aromatic carbocycles. The largest absolute Gasteiger partial charge is 0.383 e. The van der Waals surface area contributed by atoms with E-state index >= 15 is 0 Å². The van der Waals surface area contributed by atoms with E-state index in [-0.39, 0.29) is 5.91 Å². The van der Waals surface area contributed by atoms with Gasteiger partial charge in [-0.25, -0.2) is 0 Å². The van der Waals surface area contributed by atoms with Crippen molar-refractivity contribution in [2.24, 2.45) is 0 Å². The smallest absolute Gasteiger partial charge is 0.272 e. The highest BCUT2D eigenvalue weighted by atomic mass is 35.5. The van der Waals surface area contributed by atoms with Gasteiger partial charge in [0.25, 0.3) is 5.91 Å². The number of methoxy groups -OCH3 is 1. The normalized spacial score (nSPS) is 10.7. The minimum Gasteiger partial charge on any atom is -0.383 e. The number of aryl methyl sites for hydroxylation is 2. The summed E-state index contributed by atoms with van der Waals surface area (Å²) in [6, 6.07) is 1.81. The molecule has 1 aromatic heterocycles. The van der Waals surface area contributed by atoms with Crippen molar-refractivity contribution in [2.45, 2.75) is 20.4 Å². The van der Waals surface area contributed by atoms with Gasteiger partial charge < -0.3 is 9.64 Å². The first kappa shape index (κ1) is 15.0. The van der Waals surface area contributed by atoms with Crippen LogP contribution in [-0.2, 0) is 11.3 Å². The van der Waals surface area contributed by atoms with Gasteiger partial charge in [-0.1, -0.05) is 0 Å². The first-order chi connectivity index (χ1) is 8.63. The maximum atomic E-state index is 12.4. The van der Waals surface area contributed by atoms with Crippen molar-refractivity contribution < 1.29 is 9.53 Å². The molecule has 0 fully saturated rings. The molecule has 1 rings (SSSR count). The average molecular weight is 274 g/mol. The van der Waals surface area contributed by atoms with Gasteiger partial charge in [-0.15, -0.1) is 11.6 Å². The summed E-state index contributed by atoms with van der Waals surface area (Å²) in [6.45, 7) is 6.07. The lowest BCUT2D eigenvalue weighted by Gasteiger charge is -2.21. The van der Waals surface area contributed by atoms with E-state index in [1.165, 1.54) is 0 Å². The number of hydrogen-bond donors (Lipinski definition) is 0. The van der Waals surface area contributed by atoms with E-state index in [1.54, 1.807) is 22.8 Å². The monoisotopic (exact) mass is 273 g/mol. The summed E-state index contributed by atoms with van der Waals surface area (Å²) in [5, 5.41) is 4.28. The Morgan fingerprint density at radius 3 is 2.83 bits per heavy atom. The first-order valence-electron chi connectivity index (χ1n) is 6.02. The van der Waals surface area contributed by atoms with E-state index < -0.39 is 0 Å². The van der Waals surface area contributed by atoms with Crippen molar-refractivity contribution in [1.29, 1.82) is 0 Å². The number of aromatic nitrogens is 2. The lowest BCUT2D eigenvalue weighted by atomic mass is 10.3. The van der Waals surface area contributed by atoms with Gasteiger partial charge in [0.05, 0.1) is 12.3 Å². The van der Waals surface area contributed by atoms with Gasteiger partial charge in [0, 0.05) is 32.6 Å². The van der Waals surface area contributed by atoms with Gasteiger partial charge in [0.1, 0.15) is 5.69 Å². The van der Waals surface area contributed by atoms with E-state index in [4.69, 9.17) is 16.3 Å². The van der Waals surface area contributed by atoms with Gasteiger partial charge in [0.15, 0.2) is 0 Å². The van der Waals surface area contributed by atoms with Crippen LogP contribution in [0.25, 0.3) is 0 Å². The van der Waals surface area contributed by atoms with Crippen LogP contribution in [0.3, 0.4) is 0 Å². The van der Waals surface area contributed by atoms with Crippen molar-refractivity contribution in [3.8, 4) is 0 Å². The number of nitrogens with zero attached hydrogens (tertiary/aromatic N) is 3. The standard InChI is InChI=1S/C12H20ClN3O2/c1-4-16-11(9-10(2)14-16)12(17)15(6-5-13)7-8-18-3/h9H,4-8H2,1-3H3. The molecule has 0 aliphatic carbocycles. The molecular weight excluding hydrogens is 254 g/mol. The van der Waals surface area contributed by atoms with Crippen molar-refractivity contribution in [2.75, 3.05) is 32.7 Å². The zero-order valence-corrected chi connectivity index (χ0v) is 11.9. The van der Waals surface area contributed by atoms with Gasteiger partial charge >= 0.3 is 0 Å². The van der Waals surface area contributed by atoms with Crippen LogP contribution in [0, 0.1) is 6.92 Å². The topological polar surface area (TPSA) is 47.4 Å². The third kappa shape index (κ3) is 3.71. The zero-order chi connectivity index (χ0) is 13.5. The van der Waals surface area contributed by atoms with E-state index in [9.17, 15) is 4.79 Å². The number of rotatable bonds is 7. The Morgan fingerprint density at radius 1 is 1.56 bits per heavy atom. The van der Waals surface area contributed by atoms with E-state index in [0.717, 1.165) is 5.69 Å². The van der Waals surface area contributed by atoms with Crippen molar-refractivity contribution in [1.82, 2.24) is 14.7 Å². The summed E-state index contributed by atoms with van der Waals surface area (Å²) in [6.07, 6.45) is 0. The highest BCUT2D eigenvalue weighted by Gasteiger charge is 2.19. The van der Waals surface area contributed by atoms with Crippen LogP contribution < -0.4 is 0 Å². The molecule has 0 aliphatic rings. The molecule has 0 atom stereocenters. The Labute approximate surface area is 113 Å². The molecule has 0 radical (unpaired) electrons. The quantitative estimate of drug-likeness (QED) is 0.708. The molecule has 102 valence electrons. The number of hydrogen-bond acceptors (Lipinski definition) is 3. The highest BCUT2D eigenvalue weighted by Crippen LogP contribution is 2.08. The molecule has 0 spiro atoms. The predicted octanol–water partition coefficient (Wildman–Crippen LogP) is 1.54. The molecular formula is C12H20ClN3O2. The van der Waals surface area contributed by atoms with E-state index in [2.05, 4.69) is 5.10 Å². The second-order valence-electron chi connectivity index (χ2n) is 3.96. The summed E-state index contributed by atoms with van der Waals surface area (Å²) < 4.78 is 6.72. The van der Waals surface area contributed by atoms with E-state index in [0.29, 0.717) is 37.8 Å². The van der Waals surface area contributed by atoms with Crippen LogP contribution in [-0.4, -0.2) is 53.3 Å². The van der Waals surface area contributed by atoms with Gasteiger partial charge in [-0.3, -0.25) is 9.48 Å². The lowest BCUT2D eigenvalue weighted by molar-refractivity contribution is 0.0695. The number of alkyl halides is 1. The minimum absolute atomic E-state index is 0.0462. The Hall–Kier alpha value is -1.07. The summed E-state index contributed by atoms with van der Waals surface area (Å²) in [5.41, 5.74) is 1.45. The van der Waals surface area contributed by atoms with Gasteiger partial charge in [-0.2, -0.15) is 5.10 Å². The number of carbonyl (C=O) groups excluding carboxylic acids is 1. The molecule has 6 heteroatoms. The molecule has 0 bridgehead atoms. The number of carbonyl (C=O) groups is 1. The summed E-state index contributed by atoms with van der Waals surface area (Å²) in [5.74, 6) is 0.365. The third-order valence-corrected chi connectivity index (χ3v) is 2.80. The summed E-state index contributed by atoms with van der Waals surface area (Å²) in [4.78, 5) is 14.1. The van der Waals surface area contributed by atoms with Crippen LogP contribution in [0.15, 0.2) is 6.07 Å². The number of ether oxygens (including phenoxy) is 1. The van der Waals surface area contributed by atoms with E-state index in [1.807, 2.05) is 13.8 Å². The molecule has 18 heavy (non-hydrogen) atoms. The average Bonchev–Trinajstić information content (AvgIpc) is 2.75. The Bertz CT molecular complexity index is 393. The molecule has 0 saturated carbocycles. The van der Waals surface area contributed by atoms with Crippen LogP contribution in [0.4, 0.5) is 0 Å². The number of amides is 1. The van der Waals surface area contributed by atoms with Crippen molar-refractivity contribution >= 4 is 17.5 Å². The fourth-order valence-corrected chi connectivity index (χ4v) is 1.94. The molecule has 1 aromatic rings. The fraction of sp³-hybridized carbons (Fsp3) is 0.667. The molecule has 0 aliphatic heterocycles. The molecule has 1 amide bonds. The van der Waals surface area contributed by atoms with Gasteiger partial charge in [0.2, 0.25) is 0 Å². The second-order valence-corrected chi connectivity index (χ2v) is 4.34. The molecule has 0 N–H and O–H groups in total. The van der Waals surface area contributed by atoms with Crippen LogP contribution in [0.2, 0.25) is 0 Å². The third-order valence-electron chi connectivity index (χ3n) is 2.63. The highest BCUT2D eigenvalue weighted by molar-refractivity contribution is 6.18. The van der Waals surface area contributed by atoms with Gasteiger partial charge in [-0.05, 0) is 19.9 Å². The maximum Gasteiger partial charge on any atom is 0.272 e. The van der Waals surface area contributed by atoms with Crippen LogP contribution in [0.5, 0.6) is 0 Å². The zero-order valence-electron chi connectivity index (χ0n) is 11.1. The Balaban J connectivity index is 2.86. The van der Waals surface area contributed by atoms with Crippen molar-refractivity contribution in [3.05, 3.63) is 17.5 Å². The molecule has 5 nitrogen and oxygen atoms in total. The summed E-state index contributed by atoms with van der Waals surface area (Å²) in [7, 11) is 1.61. The Morgan fingerprint density at radius 2 is 2.28 bits per heavy atom. The first-order valence-corrected chi connectivity index (χ1v) is 6.56. The Kier molecular flexibility index (Phi) is 6.15. The lowest BCUT2D eigenvalue weighted by Crippen LogP contribution is -2.36. The maximum absolute atomic E-state index is 12.4. The van der Waals surface area contributed by atoms with Crippen molar-refractivity contribution in [3.63, 3.8) is 0 Å². The number of halogens is 1. The predicted molar refractivity (Wildman–Crippen MR) is 71.1 cm³/mol. The molecule has 1 heterocycles. The fourth-order valence-electron chi connectivity index (χ4n) is 1.74. The molecule has 0 unspecified atom stereocenters. The molecule has 0 saturated heterocycles. The second kappa shape index (κ2) is 7.38. The SMILES string of the molecule is CCn1nc(C)cc1C(=O)N(CCCl)CCOC.